The van der Waals surface area contributed by atoms with Gasteiger partial charge in [0.2, 0.25) is 5.95 Å². The highest BCUT2D eigenvalue weighted by molar-refractivity contribution is 6.42. The van der Waals surface area contributed by atoms with Crippen molar-refractivity contribution in [3.05, 3.63) is 39.8 Å². The van der Waals surface area contributed by atoms with Crippen LogP contribution in [0, 0.1) is 5.82 Å². The Morgan fingerprint density at radius 3 is 2.43 bits per heavy atom. The van der Waals surface area contributed by atoms with Crippen molar-refractivity contribution < 1.29 is 22.4 Å². The SMILES string of the molecule is CN(C)CCCNc1nc(NC(=O)Nc2ccc(Cl)c(Cl)c2)nc(C(F)(F)F)c1F. The number of hydrogen-bond donors (Lipinski definition) is 3. The van der Waals surface area contributed by atoms with E-state index in [9.17, 15) is 22.4 Å². The number of rotatable bonds is 7. The quantitative estimate of drug-likeness (QED) is 0.395. The summed E-state index contributed by atoms with van der Waals surface area (Å²) in [6.07, 6.45) is -4.55. The van der Waals surface area contributed by atoms with Crippen LogP contribution in [0.2, 0.25) is 10.0 Å². The number of amides is 2. The summed E-state index contributed by atoms with van der Waals surface area (Å²) in [5.74, 6) is -3.04. The largest absolute Gasteiger partial charge is 0.436 e. The fraction of sp³-hybridized carbons (Fsp3) is 0.353. The zero-order valence-corrected chi connectivity index (χ0v) is 17.4. The molecule has 0 saturated carbocycles. The predicted molar refractivity (Wildman–Crippen MR) is 108 cm³/mol. The third-order valence-electron chi connectivity index (χ3n) is 3.60. The van der Waals surface area contributed by atoms with Crippen molar-refractivity contribution in [3.8, 4) is 0 Å². The van der Waals surface area contributed by atoms with Gasteiger partial charge in [-0.15, -0.1) is 0 Å². The van der Waals surface area contributed by atoms with E-state index in [1.165, 1.54) is 18.2 Å². The second kappa shape index (κ2) is 10.1. The molecule has 3 N–H and O–H groups in total. The van der Waals surface area contributed by atoms with Gasteiger partial charge >= 0.3 is 12.2 Å². The number of nitrogens with zero attached hydrogens (tertiary/aromatic N) is 3. The molecular formula is C17H18Cl2F4N6O. The van der Waals surface area contributed by atoms with Gasteiger partial charge in [-0.3, -0.25) is 5.32 Å². The lowest BCUT2D eigenvalue weighted by atomic mass is 10.3. The standard InChI is InChI=1S/C17H18Cl2F4N6O/c1-29(2)7-3-6-24-14-12(20)13(17(21,22)23)26-15(27-14)28-16(30)25-9-4-5-10(18)11(19)8-9/h4-5,8H,3,6-7H2,1-2H3,(H3,24,25,26,27,28,30). The van der Waals surface area contributed by atoms with Gasteiger partial charge in [0.25, 0.3) is 0 Å². The average molecular weight is 469 g/mol. The lowest BCUT2D eigenvalue weighted by molar-refractivity contribution is -0.143. The van der Waals surface area contributed by atoms with E-state index in [1.807, 2.05) is 19.0 Å². The van der Waals surface area contributed by atoms with Gasteiger partial charge in [0, 0.05) is 12.2 Å². The molecule has 2 amide bonds. The summed E-state index contributed by atoms with van der Waals surface area (Å²) < 4.78 is 53.7. The van der Waals surface area contributed by atoms with Crippen LogP contribution in [0.5, 0.6) is 0 Å². The molecule has 0 aliphatic rings. The van der Waals surface area contributed by atoms with E-state index in [2.05, 4.69) is 25.9 Å². The van der Waals surface area contributed by atoms with E-state index in [1.54, 1.807) is 0 Å². The lowest BCUT2D eigenvalue weighted by Crippen LogP contribution is -2.24. The Bertz CT molecular complexity index is 911. The zero-order valence-electron chi connectivity index (χ0n) is 15.9. The van der Waals surface area contributed by atoms with Gasteiger partial charge in [0.15, 0.2) is 17.3 Å². The molecule has 2 rings (SSSR count). The molecule has 0 unspecified atom stereocenters. The Morgan fingerprint density at radius 2 is 1.83 bits per heavy atom. The normalized spacial score (nSPS) is 11.5. The highest BCUT2D eigenvalue weighted by Crippen LogP contribution is 2.33. The summed E-state index contributed by atoms with van der Waals surface area (Å²) in [5, 5.41) is 7.31. The van der Waals surface area contributed by atoms with Crippen LogP contribution in [0.25, 0.3) is 0 Å². The minimum Gasteiger partial charge on any atom is -0.367 e. The predicted octanol–water partition coefficient (Wildman–Crippen LogP) is 4.95. The summed E-state index contributed by atoms with van der Waals surface area (Å²) in [6, 6.07) is 3.24. The Balaban J connectivity index is 2.19. The van der Waals surface area contributed by atoms with E-state index in [0.717, 1.165) is 0 Å². The topological polar surface area (TPSA) is 82.2 Å². The van der Waals surface area contributed by atoms with Crippen LogP contribution in [0.3, 0.4) is 0 Å². The van der Waals surface area contributed by atoms with Gasteiger partial charge in [-0.2, -0.15) is 18.2 Å². The van der Waals surface area contributed by atoms with Crippen LogP contribution in [0.1, 0.15) is 12.1 Å². The fourth-order valence-corrected chi connectivity index (χ4v) is 2.55. The molecule has 0 atom stereocenters. The van der Waals surface area contributed by atoms with Gasteiger partial charge in [-0.25, -0.2) is 14.2 Å². The van der Waals surface area contributed by atoms with Gasteiger partial charge in [-0.05, 0) is 45.3 Å². The second-order valence-corrected chi connectivity index (χ2v) is 7.16. The molecule has 0 aliphatic carbocycles. The Hall–Kier alpha value is -2.37. The molecule has 164 valence electrons. The van der Waals surface area contributed by atoms with Crippen LogP contribution < -0.4 is 16.0 Å². The maximum absolute atomic E-state index is 14.2. The molecule has 0 radical (unpaired) electrons. The number of hydrogen-bond acceptors (Lipinski definition) is 5. The fourth-order valence-electron chi connectivity index (χ4n) is 2.25. The molecule has 0 saturated heterocycles. The number of anilines is 3. The molecule has 0 fully saturated rings. The third kappa shape index (κ3) is 6.85. The smallest absolute Gasteiger partial charge is 0.367 e. The van der Waals surface area contributed by atoms with Gasteiger partial charge < -0.3 is 15.5 Å². The number of alkyl halides is 3. The molecule has 1 heterocycles. The molecule has 0 bridgehead atoms. The van der Waals surface area contributed by atoms with E-state index in [-0.39, 0.29) is 22.3 Å². The van der Waals surface area contributed by atoms with Gasteiger partial charge in [0.1, 0.15) is 0 Å². The molecule has 7 nitrogen and oxygen atoms in total. The first-order chi connectivity index (χ1) is 14.0. The van der Waals surface area contributed by atoms with Crippen molar-refractivity contribution >= 4 is 46.7 Å². The van der Waals surface area contributed by atoms with E-state index < -0.39 is 35.5 Å². The number of carbonyl (C=O) groups excluding carboxylic acids is 1. The highest BCUT2D eigenvalue weighted by Gasteiger charge is 2.38. The number of urea groups is 1. The van der Waals surface area contributed by atoms with Crippen molar-refractivity contribution in [3.63, 3.8) is 0 Å². The second-order valence-electron chi connectivity index (χ2n) is 6.35. The van der Waals surface area contributed by atoms with Crippen LogP contribution in [0.15, 0.2) is 18.2 Å². The zero-order chi connectivity index (χ0) is 22.5. The number of benzene rings is 1. The molecule has 2 aromatic rings. The number of nitrogens with one attached hydrogen (secondary N) is 3. The summed E-state index contributed by atoms with van der Waals surface area (Å²) in [7, 11) is 3.64. The summed E-state index contributed by atoms with van der Waals surface area (Å²) in [6.45, 7) is 0.793. The van der Waals surface area contributed by atoms with Crippen LogP contribution >= 0.6 is 23.2 Å². The average Bonchev–Trinajstić information content (AvgIpc) is 2.62. The molecule has 0 aliphatic heterocycles. The van der Waals surface area contributed by atoms with E-state index >= 15 is 0 Å². The molecule has 0 spiro atoms. The first-order valence-corrected chi connectivity index (χ1v) is 9.29. The number of carbonyl (C=O) groups is 1. The minimum atomic E-state index is -5.08. The summed E-state index contributed by atoms with van der Waals surface area (Å²) >= 11 is 11.6. The molecule has 1 aromatic carbocycles. The van der Waals surface area contributed by atoms with Crippen molar-refractivity contribution in [1.82, 2.24) is 14.9 Å². The minimum absolute atomic E-state index is 0.163. The Labute approximate surface area is 179 Å². The molecule has 13 heteroatoms. The number of halogens is 6. The first-order valence-electron chi connectivity index (χ1n) is 8.53. The van der Waals surface area contributed by atoms with E-state index in [0.29, 0.717) is 13.0 Å². The maximum atomic E-state index is 14.2. The van der Waals surface area contributed by atoms with Gasteiger partial charge in [0.05, 0.1) is 10.0 Å². The van der Waals surface area contributed by atoms with Crippen molar-refractivity contribution in [2.24, 2.45) is 0 Å². The van der Waals surface area contributed by atoms with Crippen LogP contribution in [-0.2, 0) is 6.18 Å². The van der Waals surface area contributed by atoms with Crippen molar-refractivity contribution in [2.45, 2.75) is 12.6 Å². The third-order valence-corrected chi connectivity index (χ3v) is 4.34. The Kier molecular flexibility index (Phi) is 8.04. The van der Waals surface area contributed by atoms with Crippen LogP contribution in [0.4, 0.5) is 39.8 Å². The molecule has 1 aromatic heterocycles. The Morgan fingerprint density at radius 1 is 1.13 bits per heavy atom. The molecular weight excluding hydrogens is 451 g/mol. The first kappa shape index (κ1) is 23.9. The number of aromatic nitrogens is 2. The van der Waals surface area contributed by atoms with Gasteiger partial charge in [-0.1, -0.05) is 23.2 Å². The maximum Gasteiger partial charge on any atom is 0.436 e. The van der Waals surface area contributed by atoms with Crippen molar-refractivity contribution in [2.75, 3.05) is 43.1 Å². The monoisotopic (exact) mass is 468 g/mol. The van der Waals surface area contributed by atoms with Crippen molar-refractivity contribution in [1.29, 1.82) is 0 Å². The lowest BCUT2D eigenvalue weighted by Gasteiger charge is -2.15. The van der Waals surface area contributed by atoms with E-state index in [4.69, 9.17) is 23.2 Å². The van der Waals surface area contributed by atoms with Crippen LogP contribution in [-0.4, -0.2) is 48.1 Å². The molecule has 30 heavy (non-hydrogen) atoms. The highest BCUT2D eigenvalue weighted by atomic mass is 35.5. The summed E-state index contributed by atoms with van der Waals surface area (Å²) in [5.41, 5.74) is -1.57. The summed E-state index contributed by atoms with van der Waals surface area (Å²) in [4.78, 5) is 20.7.